The van der Waals surface area contributed by atoms with Crippen LogP contribution in [0, 0.1) is 10.1 Å². The Hall–Kier alpha value is -3.80. The summed E-state index contributed by atoms with van der Waals surface area (Å²) >= 11 is 0. The van der Waals surface area contributed by atoms with Crippen LogP contribution in [0.3, 0.4) is 0 Å². The summed E-state index contributed by atoms with van der Waals surface area (Å²) in [5.74, 6) is -0.121. The molecule has 0 saturated heterocycles. The number of non-ortho nitro benzene ring substituents is 1. The van der Waals surface area contributed by atoms with Crippen molar-refractivity contribution in [2.45, 2.75) is 12.6 Å². The average Bonchev–Trinajstić information content (AvgIpc) is 3.27. The van der Waals surface area contributed by atoms with Gasteiger partial charge in [0.2, 0.25) is 11.7 Å². The van der Waals surface area contributed by atoms with E-state index in [4.69, 9.17) is 9.26 Å². The number of nitro groups is 1. The summed E-state index contributed by atoms with van der Waals surface area (Å²) in [6.45, 7) is 0.553. The predicted octanol–water partition coefficient (Wildman–Crippen LogP) is 3.99. The molecule has 0 radical (unpaired) electrons. The van der Waals surface area contributed by atoms with Crippen LogP contribution in [0.4, 0.5) is 18.9 Å². The summed E-state index contributed by atoms with van der Waals surface area (Å²) in [4.78, 5) is 28.8. The number of ether oxygens (including phenoxy) is 1. The van der Waals surface area contributed by atoms with E-state index in [1.54, 1.807) is 6.07 Å². The molecule has 0 spiro atoms. The maximum atomic E-state index is 12.8. The molecule has 1 amide bonds. The van der Waals surface area contributed by atoms with Crippen LogP contribution in [0.1, 0.15) is 21.8 Å². The van der Waals surface area contributed by atoms with E-state index in [9.17, 15) is 28.1 Å². The van der Waals surface area contributed by atoms with Crippen molar-refractivity contribution in [1.82, 2.24) is 15.0 Å². The van der Waals surface area contributed by atoms with Gasteiger partial charge in [0, 0.05) is 49.9 Å². The zero-order valence-electron chi connectivity index (χ0n) is 17.4. The average molecular weight is 464 g/mol. The first-order chi connectivity index (χ1) is 15.7. The number of halogens is 3. The van der Waals surface area contributed by atoms with Gasteiger partial charge in [-0.1, -0.05) is 17.3 Å². The van der Waals surface area contributed by atoms with Crippen molar-refractivity contribution in [3.63, 3.8) is 0 Å². The van der Waals surface area contributed by atoms with Crippen LogP contribution < -0.4 is 0 Å². The van der Waals surface area contributed by atoms with Crippen LogP contribution in [-0.2, 0) is 17.3 Å². The van der Waals surface area contributed by atoms with E-state index < -0.39 is 22.6 Å². The molecule has 9 nitrogen and oxygen atoms in total. The molecule has 33 heavy (non-hydrogen) atoms. The van der Waals surface area contributed by atoms with E-state index >= 15 is 0 Å². The topological polar surface area (TPSA) is 112 Å². The predicted molar refractivity (Wildman–Crippen MR) is 109 cm³/mol. The number of hydrogen-bond acceptors (Lipinski definition) is 7. The van der Waals surface area contributed by atoms with Gasteiger partial charge in [0.05, 0.1) is 17.1 Å². The van der Waals surface area contributed by atoms with E-state index in [1.807, 2.05) is 0 Å². The van der Waals surface area contributed by atoms with Gasteiger partial charge in [-0.3, -0.25) is 14.9 Å². The van der Waals surface area contributed by atoms with Crippen molar-refractivity contribution in [3.8, 4) is 11.4 Å². The van der Waals surface area contributed by atoms with Gasteiger partial charge >= 0.3 is 6.18 Å². The van der Waals surface area contributed by atoms with E-state index in [0.717, 1.165) is 24.3 Å². The minimum absolute atomic E-state index is 0.0990. The fourth-order valence-corrected chi connectivity index (χ4v) is 2.96. The molecule has 174 valence electrons. The van der Waals surface area contributed by atoms with E-state index in [1.165, 1.54) is 30.2 Å². The molecule has 12 heteroatoms. The molecule has 2 aromatic carbocycles. The summed E-state index contributed by atoms with van der Waals surface area (Å²) in [5.41, 5.74) is -0.466. The largest absolute Gasteiger partial charge is 0.416 e. The van der Waals surface area contributed by atoms with Gasteiger partial charge in [-0.05, 0) is 24.3 Å². The lowest BCUT2D eigenvalue weighted by Gasteiger charge is -2.22. The summed E-state index contributed by atoms with van der Waals surface area (Å²) < 4.78 is 48.5. The maximum Gasteiger partial charge on any atom is 0.416 e. The highest BCUT2D eigenvalue weighted by atomic mass is 19.4. The van der Waals surface area contributed by atoms with Crippen LogP contribution in [0.5, 0.6) is 0 Å². The van der Waals surface area contributed by atoms with Gasteiger partial charge in [-0.2, -0.15) is 18.2 Å². The number of nitrogens with zero attached hydrogens (tertiary/aromatic N) is 4. The first-order valence-corrected chi connectivity index (χ1v) is 9.72. The molecule has 0 N–H and O–H groups in total. The Morgan fingerprint density at radius 2 is 1.91 bits per heavy atom. The fourth-order valence-electron chi connectivity index (χ4n) is 2.96. The van der Waals surface area contributed by atoms with Crippen molar-refractivity contribution >= 4 is 11.6 Å². The zero-order chi connectivity index (χ0) is 24.0. The molecule has 0 aliphatic heterocycles. The number of methoxy groups -OCH3 is 1. The lowest BCUT2D eigenvalue weighted by Crippen LogP contribution is -2.35. The second-order valence-electron chi connectivity index (χ2n) is 6.93. The minimum Gasteiger partial charge on any atom is -0.383 e. The monoisotopic (exact) mass is 464 g/mol. The van der Waals surface area contributed by atoms with Crippen LogP contribution in [0.25, 0.3) is 11.4 Å². The highest BCUT2D eigenvalue weighted by molar-refractivity contribution is 5.94. The number of rotatable bonds is 9. The quantitative estimate of drug-likeness (QED) is 0.348. The molecule has 0 unspecified atom stereocenters. The second kappa shape index (κ2) is 10.2. The molecule has 1 heterocycles. The molecular weight excluding hydrogens is 445 g/mol. The smallest absolute Gasteiger partial charge is 0.383 e. The lowest BCUT2D eigenvalue weighted by molar-refractivity contribution is -0.384. The van der Waals surface area contributed by atoms with Gasteiger partial charge in [-0.25, -0.2) is 0 Å². The van der Waals surface area contributed by atoms with Crippen LogP contribution in [-0.4, -0.2) is 52.7 Å². The van der Waals surface area contributed by atoms with Crippen LogP contribution in [0.2, 0.25) is 0 Å². The first-order valence-electron chi connectivity index (χ1n) is 9.72. The number of carbonyl (C=O) groups is 1. The number of carbonyl (C=O) groups excluding carboxylic acids is 1. The molecule has 0 fully saturated rings. The van der Waals surface area contributed by atoms with Gasteiger partial charge in [-0.15, -0.1) is 0 Å². The highest BCUT2D eigenvalue weighted by Gasteiger charge is 2.30. The van der Waals surface area contributed by atoms with E-state index in [2.05, 4.69) is 10.1 Å². The highest BCUT2D eigenvalue weighted by Crippen LogP contribution is 2.29. The maximum absolute atomic E-state index is 12.8. The number of alkyl halides is 3. The van der Waals surface area contributed by atoms with Crippen molar-refractivity contribution < 1.29 is 32.1 Å². The van der Waals surface area contributed by atoms with Crippen LogP contribution in [0.15, 0.2) is 53.1 Å². The van der Waals surface area contributed by atoms with Gasteiger partial charge in [0.15, 0.2) is 0 Å². The minimum atomic E-state index is -4.49. The van der Waals surface area contributed by atoms with Crippen molar-refractivity contribution in [3.05, 3.63) is 75.7 Å². The van der Waals surface area contributed by atoms with Gasteiger partial charge < -0.3 is 14.2 Å². The first kappa shape index (κ1) is 23.9. The van der Waals surface area contributed by atoms with E-state index in [-0.39, 0.29) is 49.1 Å². The summed E-state index contributed by atoms with van der Waals surface area (Å²) in [6, 6.07) is 9.70. The number of amides is 1. The Morgan fingerprint density at radius 1 is 1.18 bits per heavy atom. The molecule has 1 aromatic heterocycles. The SMILES string of the molecule is COCCN(CCc1nc(-c2cccc([N+](=O)[O-])c2)no1)C(=O)c1ccc(C(F)(F)F)cc1. The Labute approximate surface area is 185 Å². The van der Waals surface area contributed by atoms with Crippen molar-refractivity contribution in [2.75, 3.05) is 26.8 Å². The molecule has 3 rings (SSSR count). The molecule has 3 aromatic rings. The number of hydrogen-bond donors (Lipinski definition) is 0. The third kappa shape index (κ3) is 6.13. The third-order valence-corrected chi connectivity index (χ3v) is 4.69. The molecule has 0 bridgehead atoms. The number of benzene rings is 2. The molecule has 0 aliphatic carbocycles. The molecule has 0 aliphatic rings. The van der Waals surface area contributed by atoms with Crippen molar-refractivity contribution in [2.24, 2.45) is 0 Å². The Kier molecular flexibility index (Phi) is 7.38. The molecule has 0 saturated carbocycles. The van der Waals surface area contributed by atoms with Crippen molar-refractivity contribution in [1.29, 1.82) is 0 Å². The van der Waals surface area contributed by atoms with Gasteiger partial charge in [0.25, 0.3) is 11.6 Å². The Morgan fingerprint density at radius 3 is 2.55 bits per heavy atom. The fraction of sp³-hybridized carbons (Fsp3) is 0.286. The Bertz CT molecular complexity index is 1120. The molecule has 0 atom stereocenters. The zero-order valence-corrected chi connectivity index (χ0v) is 17.4. The Balaban J connectivity index is 1.71. The summed E-state index contributed by atoms with van der Waals surface area (Å²) in [6.07, 6.45) is -4.33. The summed E-state index contributed by atoms with van der Waals surface area (Å²) in [5, 5.41) is 14.8. The number of nitro benzene ring substituents is 1. The standard InChI is InChI=1S/C21H19F3N4O5/c1-32-12-11-27(20(29)14-5-7-16(8-6-14)21(22,23)24)10-9-18-25-19(26-33-18)15-3-2-4-17(13-15)28(30)31/h2-8,13H,9-12H2,1H3. The summed E-state index contributed by atoms with van der Waals surface area (Å²) in [7, 11) is 1.46. The van der Waals surface area contributed by atoms with E-state index in [0.29, 0.717) is 5.56 Å². The molecular formula is C21H19F3N4O5. The normalized spacial score (nSPS) is 11.4. The lowest BCUT2D eigenvalue weighted by atomic mass is 10.1. The second-order valence-corrected chi connectivity index (χ2v) is 6.93. The van der Waals surface area contributed by atoms with Crippen LogP contribution >= 0.6 is 0 Å². The van der Waals surface area contributed by atoms with Gasteiger partial charge in [0.1, 0.15) is 0 Å². The number of aromatic nitrogens is 2. The third-order valence-electron chi connectivity index (χ3n) is 4.69.